The Labute approximate surface area is 103 Å². The molecule has 6 heteroatoms. The first-order valence-corrected chi connectivity index (χ1v) is 6.17. The van der Waals surface area contributed by atoms with Crippen LogP contribution in [0.15, 0.2) is 0 Å². The van der Waals surface area contributed by atoms with Gasteiger partial charge in [-0.15, -0.1) is 5.10 Å². The Balaban J connectivity index is 2.58. The van der Waals surface area contributed by atoms with Gasteiger partial charge >= 0.3 is 0 Å². The summed E-state index contributed by atoms with van der Waals surface area (Å²) in [4.78, 5) is 0. The molecule has 98 valence electrons. The molecule has 0 aliphatic rings. The van der Waals surface area contributed by atoms with Gasteiger partial charge in [-0.25, -0.2) is 4.68 Å². The van der Waals surface area contributed by atoms with Crippen molar-refractivity contribution >= 4 is 0 Å². The smallest absolute Gasteiger partial charge is 0.167 e. The number of methoxy groups -OCH3 is 1. The summed E-state index contributed by atoms with van der Waals surface area (Å²) in [5.41, 5.74) is 0. The summed E-state index contributed by atoms with van der Waals surface area (Å²) in [5.74, 6) is 1.29. The highest BCUT2D eigenvalue weighted by molar-refractivity contribution is 4.89. The number of hydrogen-bond acceptors (Lipinski definition) is 5. The molecule has 17 heavy (non-hydrogen) atoms. The zero-order valence-corrected chi connectivity index (χ0v) is 11.2. The van der Waals surface area contributed by atoms with E-state index in [0.717, 1.165) is 31.9 Å². The monoisotopic (exact) mass is 241 g/mol. The highest BCUT2D eigenvalue weighted by Gasteiger charge is 2.15. The summed E-state index contributed by atoms with van der Waals surface area (Å²) >= 11 is 0. The van der Waals surface area contributed by atoms with Crippen LogP contribution in [0, 0.1) is 5.92 Å². The minimum absolute atomic E-state index is 0.180. The third-order valence-electron chi connectivity index (χ3n) is 2.58. The van der Waals surface area contributed by atoms with Crippen molar-refractivity contribution in [1.29, 1.82) is 0 Å². The van der Waals surface area contributed by atoms with E-state index < -0.39 is 0 Å². The second-order valence-electron chi connectivity index (χ2n) is 4.46. The summed E-state index contributed by atoms with van der Waals surface area (Å²) in [6, 6.07) is 0.180. The molecular formula is C11H23N5O. The predicted octanol–water partition coefficient (Wildman–Crippen LogP) is 1.02. The van der Waals surface area contributed by atoms with Crippen molar-refractivity contribution in [3.63, 3.8) is 0 Å². The van der Waals surface area contributed by atoms with Crippen LogP contribution in [0.2, 0.25) is 0 Å². The van der Waals surface area contributed by atoms with Crippen molar-refractivity contribution in [3.8, 4) is 0 Å². The Morgan fingerprint density at radius 1 is 1.41 bits per heavy atom. The largest absolute Gasteiger partial charge is 0.384 e. The number of ether oxygens (including phenoxy) is 1. The fourth-order valence-electron chi connectivity index (χ4n) is 1.74. The summed E-state index contributed by atoms with van der Waals surface area (Å²) < 4.78 is 6.98. The van der Waals surface area contributed by atoms with Crippen LogP contribution in [0.4, 0.5) is 0 Å². The number of rotatable bonds is 8. The fourth-order valence-corrected chi connectivity index (χ4v) is 1.74. The van der Waals surface area contributed by atoms with Gasteiger partial charge in [0.05, 0.1) is 12.6 Å². The first-order chi connectivity index (χ1) is 8.19. The van der Waals surface area contributed by atoms with Crippen molar-refractivity contribution in [1.82, 2.24) is 25.5 Å². The van der Waals surface area contributed by atoms with E-state index in [1.165, 1.54) is 0 Å². The molecule has 1 aromatic heterocycles. The van der Waals surface area contributed by atoms with Crippen LogP contribution >= 0.6 is 0 Å². The van der Waals surface area contributed by atoms with E-state index in [-0.39, 0.29) is 6.04 Å². The van der Waals surface area contributed by atoms with E-state index in [1.54, 1.807) is 7.11 Å². The normalized spacial score (nSPS) is 14.8. The lowest BCUT2D eigenvalue weighted by atomic mass is 10.2. The molecule has 1 aromatic rings. The Bertz CT molecular complexity index is 315. The first kappa shape index (κ1) is 14.1. The maximum atomic E-state index is 5.12. The zero-order chi connectivity index (χ0) is 12.7. The van der Waals surface area contributed by atoms with Gasteiger partial charge in [-0.05, 0) is 36.2 Å². The van der Waals surface area contributed by atoms with Crippen LogP contribution < -0.4 is 5.32 Å². The molecule has 0 bridgehead atoms. The Kier molecular flexibility index (Phi) is 6.07. The summed E-state index contributed by atoms with van der Waals surface area (Å²) in [6.07, 6.45) is 1.10. The number of nitrogens with one attached hydrogen (secondary N) is 1. The van der Waals surface area contributed by atoms with Gasteiger partial charge in [0, 0.05) is 13.7 Å². The average molecular weight is 241 g/mol. The van der Waals surface area contributed by atoms with Gasteiger partial charge in [-0.3, -0.25) is 0 Å². The van der Waals surface area contributed by atoms with Crippen molar-refractivity contribution in [2.24, 2.45) is 5.92 Å². The van der Waals surface area contributed by atoms with Gasteiger partial charge in [0.15, 0.2) is 5.82 Å². The summed E-state index contributed by atoms with van der Waals surface area (Å²) in [7, 11) is 1.71. The fraction of sp³-hybridized carbons (Fsp3) is 0.909. The van der Waals surface area contributed by atoms with Crippen molar-refractivity contribution in [2.45, 2.75) is 39.8 Å². The topological polar surface area (TPSA) is 64.9 Å². The van der Waals surface area contributed by atoms with E-state index in [9.17, 15) is 0 Å². The molecule has 2 atom stereocenters. The van der Waals surface area contributed by atoms with E-state index in [2.05, 4.69) is 41.6 Å². The molecule has 0 amide bonds. The van der Waals surface area contributed by atoms with Crippen LogP contribution in [-0.4, -0.2) is 40.5 Å². The minimum atomic E-state index is 0.180. The molecule has 1 rings (SSSR count). The van der Waals surface area contributed by atoms with Crippen LogP contribution in [-0.2, 0) is 11.3 Å². The molecule has 0 saturated heterocycles. The van der Waals surface area contributed by atoms with Crippen LogP contribution in [0.25, 0.3) is 0 Å². The lowest BCUT2D eigenvalue weighted by molar-refractivity contribution is 0.148. The van der Waals surface area contributed by atoms with Crippen LogP contribution in [0.1, 0.15) is 39.1 Å². The van der Waals surface area contributed by atoms with Gasteiger partial charge in [-0.2, -0.15) is 0 Å². The molecule has 2 unspecified atom stereocenters. The summed E-state index contributed by atoms with van der Waals surface area (Å²) in [6.45, 7) is 8.83. The second kappa shape index (κ2) is 7.34. The first-order valence-electron chi connectivity index (χ1n) is 6.17. The van der Waals surface area contributed by atoms with Gasteiger partial charge in [0.2, 0.25) is 0 Å². The molecule has 0 aromatic carbocycles. The highest BCUT2D eigenvalue weighted by Crippen LogP contribution is 2.09. The molecule has 0 saturated carbocycles. The number of nitrogens with zero attached hydrogens (tertiary/aromatic N) is 4. The predicted molar refractivity (Wildman–Crippen MR) is 65.6 cm³/mol. The molecular weight excluding hydrogens is 218 g/mol. The lowest BCUT2D eigenvalue weighted by Gasteiger charge is -2.15. The van der Waals surface area contributed by atoms with Crippen LogP contribution in [0.5, 0.6) is 0 Å². The van der Waals surface area contributed by atoms with Gasteiger partial charge in [-0.1, -0.05) is 13.8 Å². The second-order valence-corrected chi connectivity index (χ2v) is 4.46. The molecule has 0 spiro atoms. The van der Waals surface area contributed by atoms with E-state index in [1.807, 2.05) is 4.68 Å². The Morgan fingerprint density at radius 3 is 2.82 bits per heavy atom. The molecule has 1 N–H and O–H groups in total. The van der Waals surface area contributed by atoms with Gasteiger partial charge < -0.3 is 10.1 Å². The number of tetrazole rings is 1. The highest BCUT2D eigenvalue weighted by atomic mass is 16.5. The zero-order valence-electron chi connectivity index (χ0n) is 11.2. The molecule has 0 aliphatic heterocycles. The Hall–Kier alpha value is -1.01. The maximum absolute atomic E-state index is 5.12. The standard InChI is InChI=1S/C11H23N5O/c1-5-6-12-10(3)11-13-14-15-16(11)7-9(2)8-17-4/h9-10,12H,5-8H2,1-4H3. The molecule has 0 fully saturated rings. The maximum Gasteiger partial charge on any atom is 0.167 e. The third-order valence-corrected chi connectivity index (χ3v) is 2.58. The summed E-state index contributed by atoms with van der Waals surface area (Å²) in [5, 5.41) is 15.2. The average Bonchev–Trinajstić information content (AvgIpc) is 2.74. The number of hydrogen-bond donors (Lipinski definition) is 1. The quantitative estimate of drug-likeness (QED) is 0.736. The van der Waals surface area contributed by atoms with E-state index >= 15 is 0 Å². The SMILES string of the molecule is CCCNC(C)c1nnnn1CC(C)COC. The van der Waals surface area contributed by atoms with Gasteiger partial charge in [0.1, 0.15) is 0 Å². The van der Waals surface area contributed by atoms with Crippen molar-refractivity contribution < 1.29 is 4.74 Å². The third kappa shape index (κ3) is 4.40. The molecule has 0 aliphatic carbocycles. The van der Waals surface area contributed by atoms with Crippen molar-refractivity contribution in [2.75, 3.05) is 20.3 Å². The van der Waals surface area contributed by atoms with Crippen LogP contribution in [0.3, 0.4) is 0 Å². The Morgan fingerprint density at radius 2 is 2.18 bits per heavy atom. The molecule has 0 radical (unpaired) electrons. The van der Waals surface area contributed by atoms with E-state index in [4.69, 9.17) is 4.74 Å². The van der Waals surface area contributed by atoms with E-state index in [0.29, 0.717) is 5.92 Å². The molecule has 1 heterocycles. The minimum Gasteiger partial charge on any atom is -0.384 e. The van der Waals surface area contributed by atoms with Crippen molar-refractivity contribution in [3.05, 3.63) is 5.82 Å². The van der Waals surface area contributed by atoms with Gasteiger partial charge in [0.25, 0.3) is 0 Å². The molecule has 6 nitrogen and oxygen atoms in total. The number of aromatic nitrogens is 4. The lowest BCUT2D eigenvalue weighted by Crippen LogP contribution is -2.25.